The van der Waals surface area contributed by atoms with Gasteiger partial charge in [-0.25, -0.2) is 0 Å². The van der Waals surface area contributed by atoms with Crippen molar-refractivity contribution in [2.24, 2.45) is 5.92 Å². The van der Waals surface area contributed by atoms with Gasteiger partial charge in [0.2, 0.25) is 0 Å². The molecule has 0 spiro atoms. The summed E-state index contributed by atoms with van der Waals surface area (Å²) >= 11 is 0. The highest BCUT2D eigenvalue weighted by molar-refractivity contribution is 4.96. The van der Waals surface area contributed by atoms with Crippen LogP contribution in [0.2, 0.25) is 0 Å². The summed E-state index contributed by atoms with van der Waals surface area (Å²) in [5, 5.41) is 18.3. The first-order valence-electron chi connectivity index (χ1n) is 6.21. The predicted molar refractivity (Wildman–Crippen MR) is 59.8 cm³/mol. The van der Waals surface area contributed by atoms with Gasteiger partial charge in [0.15, 0.2) is 0 Å². The first kappa shape index (κ1) is 11.8. The van der Waals surface area contributed by atoms with E-state index in [-0.39, 0.29) is 18.6 Å². The summed E-state index contributed by atoms with van der Waals surface area (Å²) in [5.41, 5.74) is 0. The van der Waals surface area contributed by atoms with Crippen LogP contribution in [0.25, 0.3) is 0 Å². The van der Waals surface area contributed by atoms with Crippen LogP contribution >= 0.6 is 0 Å². The van der Waals surface area contributed by atoms with Crippen LogP contribution in [0.15, 0.2) is 0 Å². The fourth-order valence-corrected chi connectivity index (χ4v) is 2.85. The second-order valence-corrected chi connectivity index (χ2v) is 4.76. The Kier molecular flexibility index (Phi) is 4.16. The summed E-state index contributed by atoms with van der Waals surface area (Å²) in [6.45, 7) is 2.44. The molecule has 0 radical (unpaired) electrons. The van der Waals surface area contributed by atoms with E-state index in [9.17, 15) is 0 Å². The molecule has 1 saturated heterocycles. The van der Waals surface area contributed by atoms with Crippen LogP contribution in [0.5, 0.6) is 0 Å². The van der Waals surface area contributed by atoms with Gasteiger partial charge in [0, 0.05) is 19.1 Å². The zero-order valence-corrected chi connectivity index (χ0v) is 9.64. The number of nitrogens with zero attached hydrogens (tertiary/aromatic N) is 2. The number of ether oxygens (including phenoxy) is 1. The van der Waals surface area contributed by atoms with E-state index in [1.807, 2.05) is 0 Å². The molecule has 1 aliphatic carbocycles. The summed E-state index contributed by atoms with van der Waals surface area (Å²) < 4.78 is 5.44. The number of aliphatic hydroxyl groups is 1. The lowest BCUT2D eigenvalue weighted by Gasteiger charge is -2.41. The molecule has 1 heterocycles. The maximum absolute atomic E-state index is 9.16. The van der Waals surface area contributed by atoms with Crippen molar-refractivity contribution < 1.29 is 9.84 Å². The molecule has 2 fully saturated rings. The molecule has 0 aromatic carbocycles. The quantitative estimate of drug-likeness (QED) is 0.752. The highest BCUT2D eigenvalue weighted by atomic mass is 16.5. The van der Waals surface area contributed by atoms with Crippen molar-refractivity contribution in [3.8, 4) is 6.07 Å². The molecule has 4 nitrogen and oxygen atoms in total. The number of nitriles is 1. The van der Waals surface area contributed by atoms with E-state index in [2.05, 4.69) is 11.0 Å². The van der Waals surface area contributed by atoms with Gasteiger partial charge >= 0.3 is 0 Å². The van der Waals surface area contributed by atoms with Crippen LogP contribution in [0.4, 0.5) is 0 Å². The van der Waals surface area contributed by atoms with Crippen LogP contribution in [-0.2, 0) is 4.74 Å². The van der Waals surface area contributed by atoms with Gasteiger partial charge in [0.1, 0.15) is 0 Å². The minimum Gasteiger partial charge on any atom is -0.394 e. The number of morpholine rings is 1. The van der Waals surface area contributed by atoms with Gasteiger partial charge in [-0.3, -0.25) is 4.90 Å². The number of aliphatic hydroxyl groups excluding tert-OH is 1. The second-order valence-electron chi connectivity index (χ2n) is 4.76. The molecule has 16 heavy (non-hydrogen) atoms. The van der Waals surface area contributed by atoms with E-state index in [0.717, 1.165) is 25.9 Å². The fourth-order valence-electron chi connectivity index (χ4n) is 2.85. The molecule has 0 bridgehead atoms. The first-order valence-corrected chi connectivity index (χ1v) is 6.21. The monoisotopic (exact) mass is 224 g/mol. The largest absolute Gasteiger partial charge is 0.394 e. The number of hydrogen-bond donors (Lipinski definition) is 1. The van der Waals surface area contributed by atoms with Crippen molar-refractivity contribution in [2.45, 2.75) is 37.8 Å². The van der Waals surface area contributed by atoms with Gasteiger partial charge in [0.05, 0.1) is 31.3 Å². The van der Waals surface area contributed by atoms with Crippen molar-refractivity contribution in [2.75, 3.05) is 26.3 Å². The lowest BCUT2D eigenvalue weighted by molar-refractivity contribution is -0.0727. The molecule has 2 rings (SSSR count). The highest BCUT2D eigenvalue weighted by Gasteiger charge is 2.33. The van der Waals surface area contributed by atoms with Crippen molar-refractivity contribution in [3.05, 3.63) is 0 Å². The zero-order chi connectivity index (χ0) is 11.4. The Morgan fingerprint density at radius 2 is 2.19 bits per heavy atom. The number of rotatable bonds is 2. The normalized spacial score (nSPS) is 36.9. The third kappa shape index (κ3) is 2.54. The van der Waals surface area contributed by atoms with Gasteiger partial charge in [-0.05, 0) is 12.8 Å². The Morgan fingerprint density at radius 1 is 1.38 bits per heavy atom. The average Bonchev–Trinajstić information content (AvgIpc) is 2.38. The minimum absolute atomic E-state index is 0.0602. The van der Waals surface area contributed by atoms with E-state index in [1.54, 1.807) is 0 Å². The van der Waals surface area contributed by atoms with Gasteiger partial charge in [-0.2, -0.15) is 5.26 Å². The molecule has 2 aliphatic rings. The first-order chi connectivity index (χ1) is 7.85. The molecule has 1 saturated carbocycles. The van der Waals surface area contributed by atoms with Crippen LogP contribution in [0.3, 0.4) is 0 Å². The Bertz CT molecular complexity index is 264. The molecule has 0 aromatic heterocycles. The van der Waals surface area contributed by atoms with Crippen LogP contribution < -0.4 is 0 Å². The van der Waals surface area contributed by atoms with Gasteiger partial charge in [0.25, 0.3) is 0 Å². The van der Waals surface area contributed by atoms with Gasteiger partial charge < -0.3 is 9.84 Å². The van der Waals surface area contributed by atoms with Crippen molar-refractivity contribution in [3.63, 3.8) is 0 Å². The predicted octanol–water partition coefficient (Wildman–Crippen LogP) is 0.762. The lowest BCUT2D eigenvalue weighted by Crippen LogP contribution is -2.51. The lowest BCUT2D eigenvalue weighted by atomic mass is 9.84. The molecule has 1 N–H and O–H groups in total. The molecule has 3 unspecified atom stereocenters. The maximum atomic E-state index is 9.16. The minimum atomic E-state index is -0.0602. The smallest absolute Gasteiger partial charge is 0.0932 e. The van der Waals surface area contributed by atoms with E-state index < -0.39 is 0 Å². The molecule has 4 heteroatoms. The SMILES string of the molecule is N#CC1CCCCC1N1CCOC(CO)C1. The third-order valence-electron chi connectivity index (χ3n) is 3.74. The van der Waals surface area contributed by atoms with E-state index in [1.165, 1.54) is 12.8 Å². The Morgan fingerprint density at radius 3 is 2.94 bits per heavy atom. The molecule has 90 valence electrons. The Labute approximate surface area is 96.8 Å². The van der Waals surface area contributed by atoms with Crippen molar-refractivity contribution in [1.82, 2.24) is 4.90 Å². The molecule has 0 aromatic rings. The zero-order valence-electron chi connectivity index (χ0n) is 9.64. The average molecular weight is 224 g/mol. The van der Waals surface area contributed by atoms with Crippen molar-refractivity contribution >= 4 is 0 Å². The summed E-state index contributed by atoms with van der Waals surface area (Å²) in [5.74, 6) is 0.172. The standard InChI is InChI=1S/C12H20N2O2/c13-7-10-3-1-2-4-12(10)14-5-6-16-11(8-14)9-15/h10-12,15H,1-6,8-9H2. The van der Waals surface area contributed by atoms with E-state index in [4.69, 9.17) is 15.1 Å². The van der Waals surface area contributed by atoms with Crippen LogP contribution in [0.1, 0.15) is 25.7 Å². The number of hydrogen-bond acceptors (Lipinski definition) is 4. The van der Waals surface area contributed by atoms with Gasteiger partial charge in [-0.1, -0.05) is 12.8 Å². The summed E-state index contributed by atoms with van der Waals surface area (Å²) in [6, 6.07) is 2.82. The Hall–Kier alpha value is -0.630. The summed E-state index contributed by atoms with van der Waals surface area (Å²) in [4.78, 5) is 2.34. The third-order valence-corrected chi connectivity index (χ3v) is 3.74. The summed E-state index contributed by atoms with van der Waals surface area (Å²) in [7, 11) is 0. The van der Waals surface area contributed by atoms with Crippen LogP contribution in [0, 0.1) is 17.2 Å². The topological polar surface area (TPSA) is 56.5 Å². The van der Waals surface area contributed by atoms with Crippen molar-refractivity contribution in [1.29, 1.82) is 5.26 Å². The molecular formula is C12H20N2O2. The van der Waals surface area contributed by atoms with E-state index in [0.29, 0.717) is 12.6 Å². The fraction of sp³-hybridized carbons (Fsp3) is 0.917. The molecular weight excluding hydrogens is 204 g/mol. The Balaban J connectivity index is 1.96. The highest BCUT2D eigenvalue weighted by Crippen LogP contribution is 2.29. The van der Waals surface area contributed by atoms with Crippen LogP contribution in [-0.4, -0.2) is 48.5 Å². The second kappa shape index (κ2) is 5.62. The summed E-state index contributed by atoms with van der Waals surface area (Å²) in [6.07, 6.45) is 4.50. The molecule has 1 aliphatic heterocycles. The van der Waals surface area contributed by atoms with Gasteiger partial charge in [-0.15, -0.1) is 0 Å². The molecule has 3 atom stereocenters. The molecule has 0 amide bonds. The van der Waals surface area contributed by atoms with E-state index >= 15 is 0 Å². The maximum Gasteiger partial charge on any atom is 0.0932 e.